The predicted octanol–water partition coefficient (Wildman–Crippen LogP) is 3.54. The van der Waals surface area contributed by atoms with E-state index in [1.165, 1.54) is 18.4 Å². The maximum absolute atomic E-state index is 6.24. The number of hydrogen-bond acceptors (Lipinski definition) is 2. The third kappa shape index (κ3) is 1.45. The second-order valence-electron chi connectivity index (χ2n) is 5.32. The number of rotatable bonds is 2. The van der Waals surface area contributed by atoms with Crippen LogP contribution in [0.15, 0.2) is 28.7 Å². The Balaban J connectivity index is 2.05. The summed E-state index contributed by atoms with van der Waals surface area (Å²) in [5, 5.41) is 1.16. The first-order valence-electron chi connectivity index (χ1n) is 5.84. The van der Waals surface area contributed by atoms with Gasteiger partial charge in [0, 0.05) is 5.39 Å². The Morgan fingerprint density at radius 1 is 1.31 bits per heavy atom. The summed E-state index contributed by atoms with van der Waals surface area (Å²) >= 11 is 0. The monoisotopic (exact) mass is 215 g/mol. The molecule has 1 fully saturated rings. The lowest BCUT2D eigenvalue weighted by atomic mass is 9.97. The summed E-state index contributed by atoms with van der Waals surface area (Å²) < 4.78 is 5.83. The van der Waals surface area contributed by atoms with Crippen molar-refractivity contribution < 1.29 is 4.42 Å². The lowest BCUT2D eigenvalue weighted by Crippen LogP contribution is -2.19. The first kappa shape index (κ1) is 9.91. The molecule has 2 N–H and O–H groups in total. The van der Waals surface area contributed by atoms with Gasteiger partial charge in [-0.3, -0.25) is 0 Å². The molecular weight excluding hydrogens is 198 g/mol. The molecule has 3 rings (SSSR count). The van der Waals surface area contributed by atoms with Crippen molar-refractivity contribution in [2.45, 2.75) is 32.7 Å². The van der Waals surface area contributed by atoms with Crippen LogP contribution in [0.2, 0.25) is 0 Å². The standard InChI is InChI=1S/C14H17NO/c1-9-3-4-11-10(7-9)8-12(16-11)13(15)14(2)5-6-14/h3-4,7-8,13H,5-6,15H2,1-2H3. The summed E-state index contributed by atoms with van der Waals surface area (Å²) in [7, 11) is 0. The van der Waals surface area contributed by atoms with Crippen molar-refractivity contribution in [3.05, 3.63) is 35.6 Å². The molecule has 1 aliphatic carbocycles. The lowest BCUT2D eigenvalue weighted by Gasteiger charge is -2.15. The summed E-state index contributed by atoms with van der Waals surface area (Å²) in [6.07, 6.45) is 2.43. The maximum atomic E-state index is 6.24. The first-order valence-corrected chi connectivity index (χ1v) is 5.84. The molecule has 1 atom stereocenters. The van der Waals surface area contributed by atoms with E-state index in [4.69, 9.17) is 10.2 Å². The minimum absolute atomic E-state index is 0.0419. The summed E-state index contributed by atoms with van der Waals surface area (Å²) in [5.41, 5.74) is 8.71. The highest BCUT2D eigenvalue weighted by Gasteiger charge is 2.45. The molecule has 1 heterocycles. The van der Waals surface area contributed by atoms with Gasteiger partial charge in [-0.1, -0.05) is 18.6 Å². The predicted molar refractivity (Wildman–Crippen MR) is 65.2 cm³/mol. The molecule has 1 saturated carbocycles. The van der Waals surface area contributed by atoms with Crippen molar-refractivity contribution in [2.24, 2.45) is 11.1 Å². The summed E-state index contributed by atoms with van der Waals surface area (Å²) in [5.74, 6) is 0.931. The Morgan fingerprint density at radius 2 is 2.06 bits per heavy atom. The molecule has 1 aliphatic rings. The van der Waals surface area contributed by atoms with E-state index < -0.39 is 0 Å². The minimum atomic E-state index is 0.0419. The SMILES string of the molecule is Cc1ccc2oc(C(N)C3(C)CC3)cc2c1. The van der Waals surface area contributed by atoms with Gasteiger partial charge < -0.3 is 10.2 Å². The Hall–Kier alpha value is -1.28. The number of aryl methyl sites for hydroxylation is 1. The number of furan rings is 1. The second-order valence-corrected chi connectivity index (χ2v) is 5.32. The van der Waals surface area contributed by atoms with Crippen LogP contribution in [0.3, 0.4) is 0 Å². The first-order chi connectivity index (χ1) is 7.58. The average Bonchev–Trinajstić information content (AvgIpc) is 2.87. The maximum Gasteiger partial charge on any atom is 0.134 e. The lowest BCUT2D eigenvalue weighted by molar-refractivity contribution is 0.379. The van der Waals surface area contributed by atoms with Crippen LogP contribution >= 0.6 is 0 Å². The van der Waals surface area contributed by atoms with Crippen molar-refractivity contribution in [1.82, 2.24) is 0 Å². The summed E-state index contributed by atoms with van der Waals surface area (Å²) in [6, 6.07) is 8.37. The number of benzene rings is 1. The molecule has 0 radical (unpaired) electrons. The van der Waals surface area contributed by atoms with Gasteiger partial charge in [-0.2, -0.15) is 0 Å². The molecule has 0 saturated heterocycles. The van der Waals surface area contributed by atoms with Gasteiger partial charge in [-0.25, -0.2) is 0 Å². The van der Waals surface area contributed by atoms with Crippen LogP contribution in [-0.2, 0) is 0 Å². The largest absolute Gasteiger partial charge is 0.459 e. The van der Waals surface area contributed by atoms with Crippen molar-refractivity contribution in [3.63, 3.8) is 0 Å². The zero-order valence-corrected chi connectivity index (χ0v) is 9.79. The van der Waals surface area contributed by atoms with Gasteiger partial charge >= 0.3 is 0 Å². The molecule has 1 aromatic heterocycles. The summed E-state index contributed by atoms with van der Waals surface area (Å²) in [6.45, 7) is 4.32. The van der Waals surface area contributed by atoms with Crippen LogP contribution in [0, 0.1) is 12.3 Å². The Bertz CT molecular complexity index is 537. The fourth-order valence-corrected chi connectivity index (χ4v) is 2.19. The van der Waals surface area contributed by atoms with E-state index in [9.17, 15) is 0 Å². The normalized spacial score (nSPS) is 19.9. The number of hydrogen-bond donors (Lipinski definition) is 1. The van der Waals surface area contributed by atoms with Gasteiger partial charge in [-0.15, -0.1) is 0 Å². The van der Waals surface area contributed by atoms with Crippen molar-refractivity contribution in [2.75, 3.05) is 0 Å². The van der Waals surface area contributed by atoms with Crippen molar-refractivity contribution in [1.29, 1.82) is 0 Å². The van der Waals surface area contributed by atoms with Gasteiger partial charge in [0.15, 0.2) is 0 Å². The van der Waals surface area contributed by atoms with Crippen LogP contribution in [0.25, 0.3) is 11.0 Å². The van der Waals surface area contributed by atoms with Crippen LogP contribution in [-0.4, -0.2) is 0 Å². The molecule has 1 aromatic carbocycles. The molecule has 16 heavy (non-hydrogen) atoms. The molecule has 84 valence electrons. The Morgan fingerprint density at radius 3 is 2.75 bits per heavy atom. The van der Waals surface area contributed by atoms with E-state index in [1.807, 2.05) is 6.07 Å². The van der Waals surface area contributed by atoms with E-state index in [0.29, 0.717) is 0 Å². The second kappa shape index (κ2) is 3.11. The highest BCUT2D eigenvalue weighted by Crippen LogP contribution is 2.53. The van der Waals surface area contributed by atoms with Gasteiger partial charge in [0.25, 0.3) is 0 Å². The zero-order chi connectivity index (χ0) is 11.3. The molecule has 0 amide bonds. The van der Waals surface area contributed by atoms with Gasteiger partial charge in [-0.05, 0) is 43.4 Å². The Labute approximate surface area is 95.4 Å². The molecule has 2 nitrogen and oxygen atoms in total. The average molecular weight is 215 g/mol. The molecule has 2 heteroatoms. The smallest absolute Gasteiger partial charge is 0.134 e. The molecule has 0 bridgehead atoms. The fourth-order valence-electron chi connectivity index (χ4n) is 2.19. The number of nitrogens with two attached hydrogens (primary N) is 1. The number of fused-ring (bicyclic) bond motifs is 1. The topological polar surface area (TPSA) is 39.2 Å². The van der Waals surface area contributed by atoms with Crippen molar-refractivity contribution in [3.8, 4) is 0 Å². The zero-order valence-electron chi connectivity index (χ0n) is 9.79. The van der Waals surface area contributed by atoms with E-state index in [0.717, 1.165) is 16.7 Å². The van der Waals surface area contributed by atoms with E-state index in [2.05, 4.69) is 32.0 Å². The third-order valence-corrected chi connectivity index (χ3v) is 3.79. The van der Waals surface area contributed by atoms with Gasteiger partial charge in [0.05, 0.1) is 6.04 Å². The van der Waals surface area contributed by atoms with Crippen LogP contribution in [0.1, 0.15) is 37.1 Å². The van der Waals surface area contributed by atoms with Crippen molar-refractivity contribution >= 4 is 11.0 Å². The molecule has 0 aliphatic heterocycles. The Kier molecular flexibility index (Phi) is 1.93. The molecule has 0 spiro atoms. The van der Waals surface area contributed by atoms with Gasteiger partial charge in [0.1, 0.15) is 11.3 Å². The molecular formula is C14H17NO. The highest BCUT2D eigenvalue weighted by atomic mass is 16.3. The van der Waals surface area contributed by atoms with Crippen LogP contribution in [0.5, 0.6) is 0 Å². The van der Waals surface area contributed by atoms with E-state index >= 15 is 0 Å². The van der Waals surface area contributed by atoms with Crippen LogP contribution in [0.4, 0.5) is 0 Å². The molecule has 1 unspecified atom stereocenters. The van der Waals surface area contributed by atoms with Gasteiger partial charge in [0.2, 0.25) is 0 Å². The highest BCUT2D eigenvalue weighted by molar-refractivity contribution is 5.78. The quantitative estimate of drug-likeness (QED) is 0.832. The van der Waals surface area contributed by atoms with E-state index in [-0.39, 0.29) is 11.5 Å². The van der Waals surface area contributed by atoms with Crippen LogP contribution < -0.4 is 5.73 Å². The van der Waals surface area contributed by atoms with E-state index in [1.54, 1.807) is 0 Å². The molecule has 2 aromatic rings. The third-order valence-electron chi connectivity index (χ3n) is 3.79. The minimum Gasteiger partial charge on any atom is -0.459 e. The summed E-state index contributed by atoms with van der Waals surface area (Å²) in [4.78, 5) is 0. The fraction of sp³-hybridized carbons (Fsp3) is 0.429.